The molecule has 1 heterocycles. The smallest absolute Gasteiger partial charge is 0.248 e. The van der Waals surface area contributed by atoms with E-state index in [9.17, 15) is 4.79 Å². The van der Waals surface area contributed by atoms with E-state index in [-0.39, 0.29) is 0 Å². The number of hydrogen-bond acceptors (Lipinski definition) is 3. The summed E-state index contributed by atoms with van der Waals surface area (Å²) in [6, 6.07) is 5.43. The van der Waals surface area contributed by atoms with Gasteiger partial charge in [0.1, 0.15) is 0 Å². The molecule has 2 aromatic rings. The van der Waals surface area contributed by atoms with Crippen molar-refractivity contribution in [1.82, 2.24) is 14.7 Å². The Morgan fingerprint density at radius 2 is 2.22 bits per heavy atom. The van der Waals surface area contributed by atoms with Gasteiger partial charge in [0.15, 0.2) is 0 Å². The Kier molecular flexibility index (Phi) is 3.62. The average Bonchev–Trinajstić information content (AvgIpc) is 2.71. The fourth-order valence-electron chi connectivity index (χ4n) is 1.96. The molecule has 0 spiro atoms. The first-order chi connectivity index (χ1) is 8.58. The zero-order valence-corrected chi connectivity index (χ0v) is 10.8. The first kappa shape index (κ1) is 12.6. The lowest BCUT2D eigenvalue weighted by Gasteiger charge is -2.09. The molecule has 0 aliphatic heterocycles. The molecule has 96 valence electrons. The third-order valence-corrected chi connectivity index (χ3v) is 2.90. The van der Waals surface area contributed by atoms with E-state index in [2.05, 4.69) is 24.1 Å². The van der Waals surface area contributed by atoms with Crippen LogP contribution in [0, 0.1) is 0 Å². The SMILES string of the molecule is CN(C)CCCn1ncc2cc(C(N)=O)ccc21. The van der Waals surface area contributed by atoms with Crippen LogP contribution in [0.3, 0.4) is 0 Å². The Balaban J connectivity index is 2.18. The molecule has 18 heavy (non-hydrogen) atoms. The van der Waals surface area contributed by atoms with Crippen molar-refractivity contribution in [3.05, 3.63) is 30.0 Å². The molecule has 1 aromatic carbocycles. The maximum atomic E-state index is 11.1. The summed E-state index contributed by atoms with van der Waals surface area (Å²) in [4.78, 5) is 13.2. The Bertz CT molecular complexity index is 559. The minimum absolute atomic E-state index is 0.405. The van der Waals surface area contributed by atoms with Crippen molar-refractivity contribution in [2.75, 3.05) is 20.6 Å². The van der Waals surface area contributed by atoms with E-state index < -0.39 is 5.91 Å². The minimum Gasteiger partial charge on any atom is -0.366 e. The predicted octanol–water partition coefficient (Wildman–Crippen LogP) is 1.09. The molecular weight excluding hydrogens is 228 g/mol. The maximum absolute atomic E-state index is 11.1. The molecule has 0 aliphatic rings. The van der Waals surface area contributed by atoms with E-state index in [1.165, 1.54) is 0 Å². The zero-order chi connectivity index (χ0) is 13.1. The van der Waals surface area contributed by atoms with Crippen LogP contribution >= 0.6 is 0 Å². The van der Waals surface area contributed by atoms with Crippen LogP contribution < -0.4 is 5.73 Å². The summed E-state index contributed by atoms with van der Waals surface area (Å²) in [6.07, 6.45) is 2.82. The number of amides is 1. The van der Waals surface area contributed by atoms with Crippen LogP contribution in [-0.4, -0.2) is 41.2 Å². The molecule has 2 rings (SSSR count). The van der Waals surface area contributed by atoms with Crippen molar-refractivity contribution < 1.29 is 4.79 Å². The molecule has 0 saturated carbocycles. The Morgan fingerprint density at radius 3 is 2.89 bits per heavy atom. The molecule has 0 radical (unpaired) electrons. The summed E-state index contributed by atoms with van der Waals surface area (Å²) in [6.45, 7) is 1.90. The summed E-state index contributed by atoms with van der Waals surface area (Å²) in [5.41, 5.74) is 6.82. The van der Waals surface area contributed by atoms with Crippen LogP contribution in [-0.2, 0) is 6.54 Å². The summed E-state index contributed by atoms with van der Waals surface area (Å²) in [7, 11) is 4.11. The van der Waals surface area contributed by atoms with Gasteiger partial charge in [0.05, 0.1) is 11.7 Å². The second-order valence-electron chi connectivity index (χ2n) is 4.66. The highest BCUT2D eigenvalue weighted by molar-refractivity contribution is 5.96. The fraction of sp³-hybridized carbons (Fsp3) is 0.385. The van der Waals surface area contributed by atoms with Gasteiger partial charge in [-0.25, -0.2) is 0 Å². The highest BCUT2D eigenvalue weighted by Gasteiger charge is 2.06. The van der Waals surface area contributed by atoms with Crippen LogP contribution in [0.2, 0.25) is 0 Å². The quantitative estimate of drug-likeness (QED) is 0.858. The van der Waals surface area contributed by atoms with E-state index in [0.717, 1.165) is 30.4 Å². The lowest BCUT2D eigenvalue weighted by Crippen LogP contribution is -2.15. The lowest BCUT2D eigenvalue weighted by atomic mass is 10.1. The molecule has 0 fully saturated rings. The van der Waals surface area contributed by atoms with E-state index in [4.69, 9.17) is 5.73 Å². The number of aryl methyl sites for hydroxylation is 1. The standard InChI is InChI=1S/C13H18N4O/c1-16(2)6-3-7-17-12-5-4-10(13(14)18)8-11(12)9-15-17/h4-5,8-9H,3,6-7H2,1-2H3,(H2,14,18). The van der Waals surface area contributed by atoms with Gasteiger partial charge in [0.25, 0.3) is 0 Å². The summed E-state index contributed by atoms with van der Waals surface area (Å²) >= 11 is 0. The molecule has 5 nitrogen and oxygen atoms in total. The monoisotopic (exact) mass is 246 g/mol. The van der Waals surface area contributed by atoms with Gasteiger partial charge in [-0.05, 0) is 45.3 Å². The highest BCUT2D eigenvalue weighted by atomic mass is 16.1. The van der Waals surface area contributed by atoms with Gasteiger partial charge in [0.2, 0.25) is 5.91 Å². The third kappa shape index (κ3) is 2.68. The van der Waals surface area contributed by atoms with Crippen LogP contribution in [0.15, 0.2) is 24.4 Å². The first-order valence-corrected chi connectivity index (χ1v) is 5.98. The molecule has 1 aromatic heterocycles. The van der Waals surface area contributed by atoms with Gasteiger partial charge in [-0.2, -0.15) is 5.10 Å². The fourth-order valence-corrected chi connectivity index (χ4v) is 1.96. The van der Waals surface area contributed by atoms with Crippen molar-refractivity contribution in [1.29, 1.82) is 0 Å². The molecule has 0 atom stereocenters. The molecular formula is C13H18N4O. The number of carbonyl (C=O) groups is 1. The van der Waals surface area contributed by atoms with Crippen LogP contribution in [0.5, 0.6) is 0 Å². The number of primary amides is 1. The average molecular weight is 246 g/mol. The zero-order valence-electron chi connectivity index (χ0n) is 10.8. The normalized spacial score (nSPS) is 11.3. The van der Waals surface area contributed by atoms with Crippen molar-refractivity contribution in [3.8, 4) is 0 Å². The number of benzene rings is 1. The second kappa shape index (κ2) is 5.18. The molecule has 1 amide bonds. The lowest BCUT2D eigenvalue weighted by molar-refractivity contribution is 0.100. The van der Waals surface area contributed by atoms with Crippen molar-refractivity contribution in [2.45, 2.75) is 13.0 Å². The van der Waals surface area contributed by atoms with Crippen molar-refractivity contribution in [2.24, 2.45) is 5.73 Å². The Labute approximate surface area is 106 Å². The highest BCUT2D eigenvalue weighted by Crippen LogP contribution is 2.16. The number of nitrogens with zero attached hydrogens (tertiary/aromatic N) is 3. The van der Waals surface area contributed by atoms with Gasteiger partial charge in [-0.15, -0.1) is 0 Å². The largest absolute Gasteiger partial charge is 0.366 e. The molecule has 5 heteroatoms. The molecule has 0 saturated heterocycles. The predicted molar refractivity (Wildman–Crippen MR) is 71.4 cm³/mol. The first-order valence-electron chi connectivity index (χ1n) is 5.98. The molecule has 0 aliphatic carbocycles. The van der Waals surface area contributed by atoms with Gasteiger partial charge in [-0.3, -0.25) is 9.48 Å². The third-order valence-electron chi connectivity index (χ3n) is 2.90. The van der Waals surface area contributed by atoms with Crippen LogP contribution in [0.4, 0.5) is 0 Å². The molecule has 0 bridgehead atoms. The topological polar surface area (TPSA) is 64.2 Å². The maximum Gasteiger partial charge on any atom is 0.248 e. The Morgan fingerprint density at radius 1 is 1.44 bits per heavy atom. The van der Waals surface area contributed by atoms with Gasteiger partial charge >= 0.3 is 0 Å². The van der Waals surface area contributed by atoms with Crippen LogP contribution in [0.25, 0.3) is 10.9 Å². The number of rotatable bonds is 5. The van der Waals surface area contributed by atoms with Crippen molar-refractivity contribution >= 4 is 16.8 Å². The number of fused-ring (bicyclic) bond motifs is 1. The van der Waals surface area contributed by atoms with E-state index in [1.807, 2.05) is 10.7 Å². The number of carbonyl (C=O) groups excluding carboxylic acids is 1. The summed E-state index contributed by atoms with van der Waals surface area (Å²) < 4.78 is 1.96. The van der Waals surface area contributed by atoms with Gasteiger partial charge in [0, 0.05) is 17.5 Å². The van der Waals surface area contributed by atoms with Gasteiger partial charge < -0.3 is 10.6 Å². The van der Waals surface area contributed by atoms with Crippen LogP contribution in [0.1, 0.15) is 16.8 Å². The molecule has 2 N–H and O–H groups in total. The van der Waals surface area contributed by atoms with E-state index in [0.29, 0.717) is 5.56 Å². The van der Waals surface area contributed by atoms with E-state index in [1.54, 1.807) is 18.3 Å². The Hall–Kier alpha value is -1.88. The molecule has 0 unspecified atom stereocenters. The van der Waals surface area contributed by atoms with Gasteiger partial charge in [-0.1, -0.05) is 0 Å². The second-order valence-corrected chi connectivity index (χ2v) is 4.66. The minimum atomic E-state index is -0.405. The number of hydrogen-bond donors (Lipinski definition) is 1. The number of aromatic nitrogens is 2. The van der Waals surface area contributed by atoms with E-state index >= 15 is 0 Å². The van der Waals surface area contributed by atoms with Crippen molar-refractivity contribution in [3.63, 3.8) is 0 Å². The summed E-state index contributed by atoms with van der Waals surface area (Å²) in [5, 5.41) is 5.29. The number of nitrogens with two attached hydrogens (primary N) is 1. The summed E-state index contributed by atoms with van der Waals surface area (Å²) in [5.74, 6) is -0.405.